The predicted octanol–water partition coefficient (Wildman–Crippen LogP) is 3.02. The van der Waals surface area contributed by atoms with Crippen LogP contribution in [-0.2, 0) is 0 Å². The maximum absolute atomic E-state index is 4.47. The van der Waals surface area contributed by atoms with Crippen molar-refractivity contribution in [2.24, 2.45) is 5.92 Å². The molecule has 0 aliphatic carbocycles. The molecule has 1 fully saturated rings. The fourth-order valence-electron chi connectivity index (χ4n) is 2.45. The van der Waals surface area contributed by atoms with Crippen molar-refractivity contribution in [3.8, 4) is 0 Å². The molecule has 0 saturated carbocycles. The molecular formula is C14H16BrN3. The van der Waals surface area contributed by atoms with Crippen LogP contribution in [0.1, 0.15) is 6.42 Å². The molecule has 4 heteroatoms. The van der Waals surface area contributed by atoms with Crippen LogP contribution < -0.4 is 10.6 Å². The molecule has 0 spiro atoms. The summed E-state index contributed by atoms with van der Waals surface area (Å²) >= 11 is 3.61. The predicted molar refractivity (Wildman–Crippen MR) is 78.9 cm³/mol. The van der Waals surface area contributed by atoms with E-state index in [1.54, 1.807) is 0 Å². The van der Waals surface area contributed by atoms with E-state index in [4.69, 9.17) is 0 Å². The lowest BCUT2D eigenvalue weighted by molar-refractivity contribution is 0.614. The van der Waals surface area contributed by atoms with Gasteiger partial charge in [-0.05, 0) is 42.9 Å². The minimum Gasteiger partial charge on any atom is -0.369 e. The normalized spacial score (nSPS) is 19.3. The standard InChI is InChI=1S/C14H16BrN3/c15-12-3-1-2-11-5-7-17-14(13(11)12)18-9-10-4-6-16-8-10/h1-3,5,7,10,16H,4,6,8-9H2,(H,17,18). The molecule has 2 N–H and O–H groups in total. The van der Waals surface area contributed by atoms with E-state index < -0.39 is 0 Å². The second-order valence-electron chi connectivity index (χ2n) is 4.74. The Hall–Kier alpha value is -1.13. The highest BCUT2D eigenvalue weighted by molar-refractivity contribution is 9.10. The van der Waals surface area contributed by atoms with Gasteiger partial charge in [-0.2, -0.15) is 0 Å². The Morgan fingerprint density at radius 3 is 3.17 bits per heavy atom. The van der Waals surface area contributed by atoms with E-state index in [2.05, 4.69) is 49.7 Å². The zero-order chi connectivity index (χ0) is 12.4. The fraction of sp³-hybridized carbons (Fsp3) is 0.357. The van der Waals surface area contributed by atoms with Gasteiger partial charge in [0, 0.05) is 22.6 Å². The van der Waals surface area contributed by atoms with Crippen LogP contribution in [0.4, 0.5) is 5.82 Å². The first-order valence-corrected chi connectivity index (χ1v) is 7.12. The van der Waals surface area contributed by atoms with Crippen LogP contribution in [0.25, 0.3) is 10.8 Å². The SMILES string of the molecule is Brc1cccc2ccnc(NCC3CCNC3)c12. The molecule has 1 aromatic carbocycles. The van der Waals surface area contributed by atoms with Gasteiger partial charge in [0.25, 0.3) is 0 Å². The van der Waals surface area contributed by atoms with Gasteiger partial charge in [-0.3, -0.25) is 0 Å². The van der Waals surface area contributed by atoms with E-state index in [0.717, 1.165) is 29.9 Å². The quantitative estimate of drug-likeness (QED) is 0.915. The Labute approximate surface area is 115 Å². The van der Waals surface area contributed by atoms with Gasteiger partial charge in [0.2, 0.25) is 0 Å². The topological polar surface area (TPSA) is 37.0 Å². The molecule has 1 aromatic heterocycles. The molecule has 2 heterocycles. The highest BCUT2D eigenvalue weighted by atomic mass is 79.9. The van der Waals surface area contributed by atoms with Crippen LogP contribution in [0.15, 0.2) is 34.9 Å². The number of aromatic nitrogens is 1. The number of rotatable bonds is 3. The van der Waals surface area contributed by atoms with Gasteiger partial charge in [-0.1, -0.05) is 28.1 Å². The van der Waals surface area contributed by atoms with Crippen LogP contribution in [-0.4, -0.2) is 24.6 Å². The summed E-state index contributed by atoms with van der Waals surface area (Å²) in [6, 6.07) is 8.27. The van der Waals surface area contributed by atoms with Gasteiger partial charge in [-0.25, -0.2) is 4.98 Å². The van der Waals surface area contributed by atoms with Gasteiger partial charge in [-0.15, -0.1) is 0 Å². The molecule has 18 heavy (non-hydrogen) atoms. The lowest BCUT2D eigenvalue weighted by Crippen LogP contribution is -2.17. The highest BCUT2D eigenvalue weighted by Gasteiger charge is 2.14. The molecule has 2 aromatic rings. The minimum atomic E-state index is 0.713. The van der Waals surface area contributed by atoms with Crippen molar-refractivity contribution in [2.75, 3.05) is 25.0 Å². The van der Waals surface area contributed by atoms with Gasteiger partial charge in [0.05, 0.1) is 0 Å². The van der Waals surface area contributed by atoms with E-state index in [1.165, 1.54) is 17.2 Å². The lowest BCUT2D eigenvalue weighted by atomic mass is 10.1. The number of halogens is 1. The largest absolute Gasteiger partial charge is 0.369 e. The summed E-state index contributed by atoms with van der Waals surface area (Å²) in [6.07, 6.45) is 3.11. The number of hydrogen-bond donors (Lipinski definition) is 2. The summed E-state index contributed by atoms with van der Waals surface area (Å²) in [5, 5.41) is 9.26. The molecule has 1 unspecified atom stereocenters. The van der Waals surface area contributed by atoms with Crippen LogP contribution in [0.3, 0.4) is 0 Å². The molecule has 1 saturated heterocycles. The average molecular weight is 306 g/mol. The van der Waals surface area contributed by atoms with Crippen LogP contribution >= 0.6 is 15.9 Å². The van der Waals surface area contributed by atoms with Crippen LogP contribution in [0.2, 0.25) is 0 Å². The summed E-state index contributed by atoms with van der Waals surface area (Å²) in [4.78, 5) is 4.47. The number of benzene rings is 1. The summed E-state index contributed by atoms with van der Waals surface area (Å²) in [7, 11) is 0. The summed E-state index contributed by atoms with van der Waals surface area (Å²) < 4.78 is 1.10. The molecular weight excluding hydrogens is 290 g/mol. The number of nitrogens with one attached hydrogen (secondary N) is 2. The van der Waals surface area contributed by atoms with Crippen LogP contribution in [0, 0.1) is 5.92 Å². The molecule has 1 aliphatic rings. The molecule has 0 bridgehead atoms. The Kier molecular flexibility index (Phi) is 3.48. The van der Waals surface area contributed by atoms with Gasteiger partial charge in [0.1, 0.15) is 5.82 Å². The Morgan fingerprint density at radius 2 is 2.33 bits per heavy atom. The lowest BCUT2D eigenvalue weighted by Gasteiger charge is -2.13. The van der Waals surface area contributed by atoms with Gasteiger partial charge >= 0.3 is 0 Å². The Bertz CT molecular complexity index is 544. The third-order valence-corrected chi connectivity index (χ3v) is 4.12. The van der Waals surface area contributed by atoms with Crippen molar-refractivity contribution in [1.82, 2.24) is 10.3 Å². The smallest absolute Gasteiger partial charge is 0.134 e. The monoisotopic (exact) mass is 305 g/mol. The first kappa shape index (κ1) is 11.9. The molecule has 3 nitrogen and oxygen atoms in total. The molecule has 94 valence electrons. The van der Waals surface area contributed by atoms with Crippen molar-refractivity contribution in [1.29, 1.82) is 0 Å². The van der Waals surface area contributed by atoms with E-state index >= 15 is 0 Å². The van der Waals surface area contributed by atoms with Crippen molar-refractivity contribution in [3.63, 3.8) is 0 Å². The molecule has 0 radical (unpaired) electrons. The van der Waals surface area contributed by atoms with E-state index in [-0.39, 0.29) is 0 Å². The molecule has 3 rings (SSSR count). The third-order valence-electron chi connectivity index (χ3n) is 3.46. The summed E-state index contributed by atoms with van der Waals surface area (Å²) in [6.45, 7) is 3.23. The first-order valence-electron chi connectivity index (χ1n) is 6.32. The van der Waals surface area contributed by atoms with Crippen molar-refractivity contribution < 1.29 is 0 Å². The zero-order valence-electron chi connectivity index (χ0n) is 10.1. The van der Waals surface area contributed by atoms with Gasteiger partial charge < -0.3 is 10.6 Å². The van der Waals surface area contributed by atoms with E-state index in [0.29, 0.717) is 5.92 Å². The van der Waals surface area contributed by atoms with Crippen molar-refractivity contribution in [2.45, 2.75) is 6.42 Å². The molecule has 1 aliphatic heterocycles. The van der Waals surface area contributed by atoms with Crippen LogP contribution in [0.5, 0.6) is 0 Å². The summed E-state index contributed by atoms with van der Waals surface area (Å²) in [5.41, 5.74) is 0. The van der Waals surface area contributed by atoms with Crippen molar-refractivity contribution >= 4 is 32.5 Å². The van der Waals surface area contributed by atoms with E-state index in [1.807, 2.05) is 12.3 Å². The third kappa shape index (κ3) is 2.35. The number of fused-ring (bicyclic) bond motifs is 1. The number of pyridine rings is 1. The maximum atomic E-state index is 4.47. The molecule has 0 amide bonds. The average Bonchev–Trinajstić information content (AvgIpc) is 2.89. The van der Waals surface area contributed by atoms with Crippen molar-refractivity contribution in [3.05, 3.63) is 34.9 Å². The maximum Gasteiger partial charge on any atom is 0.134 e. The zero-order valence-corrected chi connectivity index (χ0v) is 11.7. The number of anilines is 1. The minimum absolute atomic E-state index is 0.713. The summed E-state index contributed by atoms with van der Waals surface area (Å²) in [5.74, 6) is 1.69. The molecule has 1 atom stereocenters. The number of hydrogen-bond acceptors (Lipinski definition) is 3. The van der Waals surface area contributed by atoms with E-state index in [9.17, 15) is 0 Å². The Morgan fingerprint density at radius 1 is 1.39 bits per heavy atom. The van der Waals surface area contributed by atoms with Gasteiger partial charge in [0.15, 0.2) is 0 Å². The first-order chi connectivity index (χ1) is 8.84. The number of nitrogens with zero attached hydrogens (tertiary/aromatic N) is 1. The second-order valence-corrected chi connectivity index (χ2v) is 5.59. The Balaban J connectivity index is 1.86. The highest BCUT2D eigenvalue weighted by Crippen LogP contribution is 2.29. The fourth-order valence-corrected chi connectivity index (χ4v) is 3.02. The second kappa shape index (κ2) is 5.24.